The van der Waals surface area contributed by atoms with Gasteiger partial charge in [-0.1, -0.05) is 44.2 Å². The lowest BCUT2D eigenvalue weighted by Gasteiger charge is -2.35. The first-order valence-corrected chi connectivity index (χ1v) is 10.3. The monoisotopic (exact) mass is 453 g/mol. The zero-order valence-corrected chi connectivity index (χ0v) is 19.5. The molecule has 2 aromatic carbocycles. The number of rotatable bonds is 6. The second kappa shape index (κ2) is 13.0. The molecule has 0 fully saturated rings. The van der Waals surface area contributed by atoms with E-state index in [0.29, 0.717) is 6.29 Å². The van der Waals surface area contributed by atoms with E-state index in [2.05, 4.69) is 5.32 Å². The molecule has 0 aromatic heterocycles. The van der Waals surface area contributed by atoms with Crippen molar-refractivity contribution in [3.05, 3.63) is 70.5 Å². The van der Waals surface area contributed by atoms with Crippen LogP contribution in [0.3, 0.4) is 0 Å². The lowest BCUT2D eigenvalue weighted by Crippen LogP contribution is -2.49. The largest absolute Gasteiger partial charge is 0.505 e. The van der Waals surface area contributed by atoms with Crippen molar-refractivity contribution in [2.75, 3.05) is 26.5 Å². The number of phenols is 1. The lowest BCUT2D eigenvalue weighted by atomic mass is 9.93. The molecule has 9 heteroatoms. The Bertz CT molecular complexity index is 1030. The molecule has 1 aliphatic rings. The fourth-order valence-corrected chi connectivity index (χ4v) is 2.78. The van der Waals surface area contributed by atoms with E-state index in [1.165, 1.54) is 17.1 Å². The minimum atomic E-state index is -1.40. The maximum Gasteiger partial charge on any atom is 0.215 e. The van der Waals surface area contributed by atoms with E-state index in [0.717, 1.165) is 5.56 Å². The van der Waals surface area contributed by atoms with Crippen LogP contribution in [-0.4, -0.2) is 59.4 Å². The number of nitriles is 1. The van der Waals surface area contributed by atoms with Crippen LogP contribution in [0.4, 0.5) is 5.69 Å². The predicted octanol–water partition coefficient (Wildman–Crippen LogP) is 2.22. The van der Waals surface area contributed by atoms with Crippen molar-refractivity contribution in [3.63, 3.8) is 0 Å². The van der Waals surface area contributed by atoms with Gasteiger partial charge < -0.3 is 25.4 Å². The highest BCUT2D eigenvalue weighted by molar-refractivity contribution is 6.10. The lowest BCUT2D eigenvalue weighted by molar-refractivity contribution is -0.125. The number of ketones is 1. The molecule has 2 aromatic rings. The van der Waals surface area contributed by atoms with E-state index in [1.54, 1.807) is 0 Å². The van der Waals surface area contributed by atoms with E-state index in [9.17, 15) is 19.8 Å². The molecule has 1 unspecified atom stereocenters. The number of hydrogen-bond donors (Lipinski definition) is 4. The number of carbonyl (C=O) groups excluding carboxylic acids is 2. The summed E-state index contributed by atoms with van der Waals surface area (Å²) in [5.74, 6) is 5.00. The Morgan fingerprint density at radius 3 is 2.27 bits per heavy atom. The summed E-state index contributed by atoms with van der Waals surface area (Å²) < 4.78 is 0. The molecule has 0 spiro atoms. The van der Waals surface area contributed by atoms with Crippen LogP contribution in [0.15, 0.2) is 53.9 Å². The quantitative estimate of drug-likeness (QED) is 0.224. The number of aldehydes is 1. The van der Waals surface area contributed by atoms with Crippen molar-refractivity contribution in [2.24, 2.45) is 5.84 Å². The topological polar surface area (TPSA) is 143 Å². The van der Waals surface area contributed by atoms with Crippen LogP contribution in [0.2, 0.25) is 0 Å². The smallest absolute Gasteiger partial charge is 0.215 e. The summed E-state index contributed by atoms with van der Waals surface area (Å²) in [4.78, 5) is 25.1. The number of benzene rings is 2. The first-order valence-electron chi connectivity index (χ1n) is 10.3. The van der Waals surface area contributed by atoms with Crippen LogP contribution in [0.25, 0.3) is 0 Å². The average Bonchev–Trinajstić information content (AvgIpc) is 2.81. The first-order chi connectivity index (χ1) is 15.7. The number of anilines is 1. The number of carbonyl (C=O) groups is 2. The number of hydrogen-bond acceptors (Lipinski definition) is 9. The van der Waals surface area contributed by atoms with Gasteiger partial charge in [0.2, 0.25) is 5.78 Å². The van der Waals surface area contributed by atoms with Crippen molar-refractivity contribution < 1.29 is 19.8 Å². The second-order valence-electron chi connectivity index (χ2n) is 7.30. The van der Waals surface area contributed by atoms with Gasteiger partial charge in [0, 0.05) is 0 Å². The van der Waals surface area contributed by atoms with Gasteiger partial charge in [-0.25, -0.2) is 5.84 Å². The Kier molecular flexibility index (Phi) is 10.7. The Hall–Kier alpha value is -3.71. The van der Waals surface area contributed by atoms with Gasteiger partial charge in [0.05, 0.1) is 35.1 Å². The van der Waals surface area contributed by atoms with Gasteiger partial charge in [-0.2, -0.15) is 5.26 Å². The number of aliphatic hydroxyl groups is 1. The SMILES string of the molecule is CC.CN(C)C.N#Cc1cc(C=O)c(O)c(NC2=C(N(N)Cc3ccccc3)C(O)C2=O)c1. The molecule has 0 amide bonds. The third-order valence-corrected chi connectivity index (χ3v) is 4.17. The highest BCUT2D eigenvalue weighted by Gasteiger charge is 2.41. The highest BCUT2D eigenvalue weighted by Crippen LogP contribution is 2.34. The molecule has 0 aliphatic heterocycles. The highest BCUT2D eigenvalue weighted by atomic mass is 16.3. The van der Waals surface area contributed by atoms with Crippen LogP contribution < -0.4 is 11.2 Å². The van der Waals surface area contributed by atoms with Gasteiger partial charge in [-0.05, 0) is 38.8 Å². The summed E-state index contributed by atoms with van der Waals surface area (Å²) in [6.45, 7) is 4.25. The standard InChI is InChI=1S/C19H16N4O4.C3H9N.C2H6/c20-8-12-6-13(10-24)17(25)14(7-12)22-15-16(19(27)18(15)26)23(21)9-11-4-2-1-3-5-11;1-4(2)3;1-2/h1-7,10,19,22,25,27H,9,21H2;1-3H3;1-2H3. The minimum Gasteiger partial charge on any atom is -0.505 e. The molecule has 5 N–H and O–H groups in total. The Balaban J connectivity index is 0.000000820. The molecule has 9 nitrogen and oxygen atoms in total. The second-order valence-corrected chi connectivity index (χ2v) is 7.30. The van der Waals surface area contributed by atoms with Gasteiger partial charge in [-0.3, -0.25) is 9.59 Å². The zero-order chi connectivity index (χ0) is 25.1. The number of aromatic hydroxyl groups is 1. The van der Waals surface area contributed by atoms with E-state index in [4.69, 9.17) is 11.1 Å². The normalized spacial score (nSPS) is 14.2. The van der Waals surface area contributed by atoms with Gasteiger partial charge in [0.15, 0.2) is 12.4 Å². The number of nitrogens with zero attached hydrogens (tertiary/aromatic N) is 3. The van der Waals surface area contributed by atoms with Crippen molar-refractivity contribution in [3.8, 4) is 11.8 Å². The maximum atomic E-state index is 12.1. The molecule has 1 aliphatic carbocycles. The number of nitrogens with two attached hydrogens (primary N) is 1. The molecule has 0 bridgehead atoms. The van der Waals surface area contributed by atoms with E-state index >= 15 is 0 Å². The van der Waals surface area contributed by atoms with Crippen LogP contribution >= 0.6 is 0 Å². The van der Waals surface area contributed by atoms with Gasteiger partial charge in [0.25, 0.3) is 0 Å². The van der Waals surface area contributed by atoms with Crippen molar-refractivity contribution in [1.82, 2.24) is 9.91 Å². The molecule has 1 atom stereocenters. The summed E-state index contributed by atoms with van der Waals surface area (Å²) >= 11 is 0. The summed E-state index contributed by atoms with van der Waals surface area (Å²) in [6.07, 6.45) is -0.994. The Morgan fingerprint density at radius 1 is 1.18 bits per heavy atom. The Morgan fingerprint density at radius 2 is 1.76 bits per heavy atom. The molecule has 3 rings (SSSR count). The van der Waals surface area contributed by atoms with Crippen LogP contribution in [0.1, 0.15) is 35.3 Å². The fourth-order valence-electron chi connectivity index (χ4n) is 2.78. The molecule has 33 heavy (non-hydrogen) atoms. The predicted molar refractivity (Wildman–Crippen MR) is 127 cm³/mol. The number of nitrogens with one attached hydrogen (secondary N) is 1. The first kappa shape index (κ1) is 27.3. The van der Waals surface area contributed by atoms with Gasteiger partial charge in [-0.15, -0.1) is 0 Å². The zero-order valence-electron chi connectivity index (χ0n) is 19.5. The molecular weight excluding hydrogens is 422 g/mol. The molecule has 0 saturated carbocycles. The average molecular weight is 454 g/mol. The Labute approximate surface area is 194 Å². The van der Waals surface area contributed by atoms with Crippen molar-refractivity contribution in [2.45, 2.75) is 26.5 Å². The summed E-state index contributed by atoms with van der Waals surface area (Å²) in [6, 6.07) is 13.6. The fraction of sp³-hybridized carbons (Fsp3) is 0.292. The number of hydrazine groups is 1. The third-order valence-electron chi connectivity index (χ3n) is 4.17. The molecule has 0 saturated heterocycles. The van der Waals surface area contributed by atoms with Crippen LogP contribution in [0, 0.1) is 11.3 Å². The van der Waals surface area contributed by atoms with Gasteiger partial charge >= 0.3 is 0 Å². The van der Waals surface area contributed by atoms with Crippen molar-refractivity contribution in [1.29, 1.82) is 5.26 Å². The molecule has 176 valence electrons. The summed E-state index contributed by atoms with van der Waals surface area (Å²) in [7, 11) is 6.00. The van der Waals surface area contributed by atoms with E-state index in [-0.39, 0.29) is 34.8 Å². The van der Waals surface area contributed by atoms with Crippen LogP contribution in [0.5, 0.6) is 5.75 Å². The van der Waals surface area contributed by atoms with Gasteiger partial charge in [0.1, 0.15) is 11.4 Å². The molecular formula is C24H31N5O4. The summed E-state index contributed by atoms with van der Waals surface area (Å²) in [5.41, 5.74) is 1.04. The maximum absolute atomic E-state index is 12.1. The minimum absolute atomic E-state index is 0.00277. The number of phenolic OH excluding ortho intramolecular Hbond substituents is 1. The van der Waals surface area contributed by atoms with Crippen molar-refractivity contribution >= 4 is 17.8 Å². The molecule has 0 radical (unpaired) electrons. The third kappa shape index (κ3) is 7.15. The van der Waals surface area contributed by atoms with E-state index < -0.39 is 17.6 Å². The number of Topliss-reactive ketones (excluding diaryl/α,β-unsaturated/α-hetero) is 1. The van der Waals surface area contributed by atoms with E-state index in [1.807, 2.05) is 76.3 Å². The van der Waals surface area contributed by atoms with Crippen LogP contribution in [-0.2, 0) is 11.3 Å². The number of aliphatic hydroxyl groups excluding tert-OH is 1. The summed E-state index contributed by atoms with van der Waals surface area (Å²) in [5, 5.41) is 33.1. The molecule has 0 heterocycles.